The molecule has 1 aromatic heterocycles. The predicted octanol–water partition coefficient (Wildman–Crippen LogP) is 1.99. The first-order valence-electron chi connectivity index (χ1n) is 6.14. The minimum absolute atomic E-state index is 0.0368. The number of anilines is 1. The summed E-state index contributed by atoms with van der Waals surface area (Å²) in [5.74, 6) is 0.251. The molecule has 0 saturated carbocycles. The van der Waals surface area contributed by atoms with E-state index in [4.69, 9.17) is 4.74 Å². The number of benzene rings is 1. The molecule has 0 fully saturated rings. The molecule has 2 aromatic rings. The number of nitro groups is 1. The average Bonchev–Trinajstić information content (AvgIpc) is 2.84. The Morgan fingerprint density at radius 1 is 1.50 bits per heavy atom. The highest BCUT2D eigenvalue weighted by molar-refractivity contribution is 5.57. The van der Waals surface area contributed by atoms with Crippen molar-refractivity contribution in [2.45, 2.75) is 6.42 Å². The molecule has 0 aliphatic carbocycles. The summed E-state index contributed by atoms with van der Waals surface area (Å²) in [5, 5.41) is 18.1. The molecule has 0 spiro atoms. The Morgan fingerprint density at radius 3 is 2.90 bits per heavy atom. The summed E-state index contributed by atoms with van der Waals surface area (Å²) >= 11 is 0. The van der Waals surface area contributed by atoms with Gasteiger partial charge in [-0.05, 0) is 18.1 Å². The van der Waals surface area contributed by atoms with Gasteiger partial charge in [0.25, 0.3) is 0 Å². The third-order valence-corrected chi connectivity index (χ3v) is 2.88. The Labute approximate surface area is 116 Å². The monoisotopic (exact) mass is 276 g/mol. The first-order chi connectivity index (χ1) is 9.60. The Balaban J connectivity index is 1.97. The van der Waals surface area contributed by atoms with Gasteiger partial charge in [0.2, 0.25) is 0 Å². The number of nitrogens with one attached hydrogen (secondary N) is 1. The van der Waals surface area contributed by atoms with E-state index in [1.54, 1.807) is 16.8 Å². The SMILES string of the molecule is COc1cc(NCCc2cnn(C)c2)ccc1[N+](=O)[O-]. The lowest BCUT2D eigenvalue weighted by Crippen LogP contribution is -2.05. The van der Waals surface area contributed by atoms with E-state index in [-0.39, 0.29) is 11.4 Å². The zero-order chi connectivity index (χ0) is 14.5. The standard InChI is InChI=1S/C13H16N4O3/c1-16-9-10(8-15-16)5-6-14-11-3-4-12(17(18)19)13(7-11)20-2/h3-4,7-9,14H,5-6H2,1-2H3. The normalized spacial score (nSPS) is 10.3. The maximum atomic E-state index is 10.8. The zero-order valence-corrected chi connectivity index (χ0v) is 11.4. The number of rotatable bonds is 6. The molecular weight excluding hydrogens is 260 g/mol. The van der Waals surface area contributed by atoms with E-state index in [2.05, 4.69) is 10.4 Å². The Hall–Kier alpha value is -2.57. The van der Waals surface area contributed by atoms with Gasteiger partial charge in [0.15, 0.2) is 5.75 Å². The van der Waals surface area contributed by atoms with Crippen LogP contribution in [0.1, 0.15) is 5.56 Å². The van der Waals surface area contributed by atoms with Crippen molar-refractivity contribution in [2.24, 2.45) is 7.05 Å². The number of aromatic nitrogens is 2. The topological polar surface area (TPSA) is 82.2 Å². The molecule has 106 valence electrons. The van der Waals surface area contributed by atoms with E-state index < -0.39 is 4.92 Å². The Bertz CT molecular complexity index is 609. The van der Waals surface area contributed by atoms with E-state index in [1.807, 2.05) is 19.4 Å². The molecule has 0 radical (unpaired) electrons. The van der Waals surface area contributed by atoms with Gasteiger partial charge in [0.1, 0.15) is 0 Å². The molecule has 0 aliphatic heterocycles. The molecule has 7 nitrogen and oxygen atoms in total. The molecular formula is C13H16N4O3. The second-order valence-corrected chi connectivity index (χ2v) is 4.34. The van der Waals surface area contributed by atoms with Crippen molar-refractivity contribution in [1.29, 1.82) is 0 Å². The first kappa shape index (κ1) is 13.9. The van der Waals surface area contributed by atoms with Gasteiger partial charge in [-0.2, -0.15) is 5.10 Å². The van der Waals surface area contributed by atoms with Crippen molar-refractivity contribution in [1.82, 2.24) is 9.78 Å². The molecule has 1 N–H and O–H groups in total. The predicted molar refractivity (Wildman–Crippen MR) is 75.1 cm³/mol. The summed E-state index contributed by atoms with van der Waals surface area (Å²) in [6.45, 7) is 0.715. The molecule has 1 aromatic carbocycles. The number of methoxy groups -OCH3 is 1. The van der Waals surface area contributed by atoms with E-state index in [9.17, 15) is 10.1 Å². The fourth-order valence-electron chi connectivity index (χ4n) is 1.89. The maximum absolute atomic E-state index is 10.8. The highest BCUT2D eigenvalue weighted by Gasteiger charge is 2.14. The van der Waals surface area contributed by atoms with E-state index in [0.29, 0.717) is 6.54 Å². The largest absolute Gasteiger partial charge is 0.490 e. The highest BCUT2D eigenvalue weighted by Crippen LogP contribution is 2.29. The fraction of sp³-hybridized carbons (Fsp3) is 0.308. The number of aryl methyl sites for hydroxylation is 1. The van der Waals surface area contributed by atoms with Crippen LogP contribution in [0.5, 0.6) is 5.75 Å². The van der Waals surface area contributed by atoms with Crippen LogP contribution in [0.25, 0.3) is 0 Å². The van der Waals surface area contributed by atoms with Gasteiger partial charge >= 0.3 is 5.69 Å². The maximum Gasteiger partial charge on any atom is 0.311 e. The molecule has 1 heterocycles. The lowest BCUT2D eigenvalue weighted by Gasteiger charge is -2.07. The molecule has 0 aliphatic rings. The summed E-state index contributed by atoms with van der Waals surface area (Å²) in [5.41, 5.74) is 1.88. The molecule has 20 heavy (non-hydrogen) atoms. The minimum Gasteiger partial charge on any atom is -0.490 e. The molecule has 0 bridgehead atoms. The second kappa shape index (κ2) is 6.05. The highest BCUT2D eigenvalue weighted by atomic mass is 16.6. The molecule has 0 saturated heterocycles. The van der Waals surface area contributed by atoms with Crippen LogP contribution in [0.15, 0.2) is 30.6 Å². The number of hydrogen-bond acceptors (Lipinski definition) is 5. The summed E-state index contributed by atoms with van der Waals surface area (Å²) in [4.78, 5) is 10.3. The Morgan fingerprint density at radius 2 is 2.30 bits per heavy atom. The van der Waals surface area contributed by atoms with Crippen molar-refractivity contribution < 1.29 is 9.66 Å². The van der Waals surface area contributed by atoms with Crippen molar-refractivity contribution in [3.8, 4) is 5.75 Å². The molecule has 7 heteroatoms. The van der Waals surface area contributed by atoms with Gasteiger partial charge in [-0.3, -0.25) is 14.8 Å². The quantitative estimate of drug-likeness (QED) is 0.644. The average molecular weight is 276 g/mol. The number of ether oxygens (including phenoxy) is 1. The lowest BCUT2D eigenvalue weighted by atomic mass is 10.2. The first-order valence-corrected chi connectivity index (χ1v) is 6.14. The van der Waals surface area contributed by atoms with Crippen LogP contribution in [0.4, 0.5) is 11.4 Å². The number of nitro benzene ring substituents is 1. The minimum atomic E-state index is -0.460. The number of nitrogens with zero attached hydrogens (tertiary/aromatic N) is 3. The lowest BCUT2D eigenvalue weighted by molar-refractivity contribution is -0.385. The molecule has 0 unspecified atom stereocenters. The summed E-state index contributed by atoms with van der Waals surface area (Å²) in [6, 6.07) is 4.73. The van der Waals surface area contributed by atoms with Gasteiger partial charge in [0.05, 0.1) is 18.2 Å². The van der Waals surface area contributed by atoms with E-state index in [1.165, 1.54) is 13.2 Å². The number of hydrogen-bond donors (Lipinski definition) is 1. The van der Waals surface area contributed by atoms with Crippen LogP contribution in [0, 0.1) is 10.1 Å². The van der Waals surface area contributed by atoms with Crippen LogP contribution < -0.4 is 10.1 Å². The van der Waals surface area contributed by atoms with Gasteiger partial charge in [0, 0.05) is 37.6 Å². The zero-order valence-electron chi connectivity index (χ0n) is 11.4. The smallest absolute Gasteiger partial charge is 0.311 e. The molecule has 0 amide bonds. The van der Waals surface area contributed by atoms with Crippen LogP contribution >= 0.6 is 0 Å². The van der Waals surface area contributed by atoms with Gasteiger partial charge in [-0.25, -0.2) is 0 Å². The Kier molecular flexibility index (Phi) is 4.19. The third-order valence-electron chi connectivity index (χ3n) is 2.88. The van der Waals surface area contributed by atoms with Crippen LogP contribution in [-0.4, -0.2) is 28.4 Å². The summed E-state index contributed by atoms with van der Waals surface area (Å²) in [6.07, 6.45) is 4.60. The van der Waals surface area contributed by atoms with Crippen LogP contribution in [0.3, 0.4) is 0 Å². The fourth-order valence-corrected chi connectivity index (χ4v) is 1.89. The van der Waals surface area contributed by atoms with E-state index >= 15 is 0 Å². The van der Waals surface area contributed by atoms with Crippen LogP contribution in [0.2, 0.25) is 0 Å². The van der Waals surface area contributed by atoms with Crippen molar-refractivity contribution in [2.75, 3.05) is 19.0 Å². The van der Waals surface area contributed by atoms with Gasteiger partial charge in [-0.1, -0.05) is 0 Å². The van der Waals surface area contributed by atoms with Crippen molar-refractivity contribution >= 4 is 11.4 Å². The van der Waals surface area contributed by atoms with Crippen molar-refractivity contribution in [3.63, 3.8) is 0 Å². The third kappa shape index (κ3) is 3.25. The van der Waals surface area contributed by atoms with Crippen molar-refractivity contribution in [3.05, 3.63) is 46.3 Å². The van der Waals surface area contributed by atoms with Gasteiger partial charge < -0.3 is 10.1 Å². The van der Waals surface area contributed by atoms with Crippen LogP contribution in [-0.2, 0) is 13.5 Å². The second-order valence-electron chi connectivity index (χ2n) is 4.34. The van der Waals surface area contributed by atoms with E-state index in [0.717, 1.165) is 17.7 Å². The van der Waals surface area contributed by atoms with Gasteiger partial charge in [-0.15, -0.1) is 0 Å². The summed E-state index contributed by atoms with van der Waals surface area (Å²) in [7, 11) is 3.29. The molecule has 0 atom stereocenters. The molecule has 2 rings (SSSR count). The summed E-state index contributed by atoms with van der Waals surface area (Å²) < 4.78 is 6.77.